The highest BCUT2D eigenvalue weighted by Crippen LogP contribution is 2.31. The summed E-state index contributed by atoms with van der Waals surface area (Å²) >= 11 is 1.59. The van der Waals surface area contributed by atoms with Crippen molar-refractivity contribution >= 4 is 17.5 Å². The smallest absolute Gasteiger partial charge is 0.256 e. The number of oxazole rings is 1. The molecule has 1 aliphatic carbocycles. The summed E-state index contributed by atoms with van der Waals surface area (Å²) < 4.78 is 5.24. The van der Waals surface area contributed by atoms with Crippen LogP contribution in [0.4, 0.5) is 0 Å². The van der Waals surface area contributed by atoms with E-state index in [1.165, 1.54) is 0 Å². The van der Waals surface area contributed by atoms with E-state index >= 15 is 0 Å². The van der Waals surface area contributed by atoms with Crippen LogP contribution in [0, 0.1) is 6.92 Å². The minimum absolute atomic E-state index is 0.370. The van der Waals surface area contributed by atoms with Crippen molar-refractivity contribution in [1.82, 2.24) is 4.98 Å². The lowest BCUT2D eigenvalue weighted by Crippen LogP contribution is -2.16. The molecular weight excluding hydrogens is 198 g/mol. The Morgan fingerprint density at radius 2 is 2.50 bits per heavy atom. The van der Waals surface area contributed by atoms with Crippen molar-refractivity contribution in [3.05, 3.63) is 12.0 Å². The molecule has 1 heterocycles. The predicted molar refractivity (Wildman–Crippen MR) is 54.4 cm³/mol. The van der Waals surface area contributed by atoms with Crippen LogP contribution < -0.4 is 0 Å². The molecule has 2 rings (SSSR count). The van der Waals surface area contributed by atoms with Crippen LogP contribution in [0.2, 0.25) is 0 Å². The summed E-state index contributed by atoms with van der Waals surface area (Å²) in [5, 5.41) is 1.07. The van der Waals surface area contributed by atoms with Gasteiger partial charge in [-0.25, -0.2) is 4.98 Å². The number of hydrogen-bond acceptors (Lipinski definition) is 4. The second-order valence-electron chi connectivity index (χ2n) is 3.63. The molecule has 0 spiro atoms. The van der Waals surface area contributed by atoms with Gasteiger partial charge in [-0.1, -0.05) is 11.8 Å². The molecule has 76 valence electrons. The van der Waals surface area contributed by atoms with Crippen LogP contribution in [-0.4, -0.2) is 16.0 Å². The van der Waals surface area contributed by atoms with Gasteiger partial charge in [0.1, 0.15) is 12.0 Å². The molecular formula is C10H13NO2S. The number of hydrogen-bond donors (Lipinski definition) is 0. The first-order valence-corrected chi connectivity index (χ1v) is 5.72. The molecule has 0 N–H and O–H groups in total. The van der Waals surface area contributed by atoms with Crippen molar-refractivity contribution < 1.29 is 9.21 Å². The number of nitrogens with zero attached hydrogens (tertiary/aromatic N) is 1. The molecule has 0 bridgehead atoms. The third kappa shape index (κ3) is 2.38. The quantitative estimate of drug-likeness (QED) is 0.754. The Morgan fingerprint density at radius 1 is 1.64 bits per heavy atom. The molecule has 0 radical (unpaired) electrons. The Morgan fingerprint density at radius 3 is 3.14 bits per heavy atom. The van der Waals surface area contributed by atoms with Crippen LogP contribution in [0.5, 0.6) is 0 Å². The summed E-state index contributed by atoms with van der Waals surface area (Å²) in [5.41, 5.74) is 0.898. The SMILES string of the molecule is Cc1coc(SC2CCCC(=O)C2)n1. The van der Waals surface area contributed by atoms with Crippen molar-refractivity contribution in [2.45, 2.75) is 43.1 Å². The van der Waals surface area contributed by atoms with E-state index in [2.05, 4.69) is 4.98 Å². The Kier molecular flexibility index (Phi) is 2.91. The summed E-state index contributed by atoms with van der Waals surface area (Å²) in [7, 11) is 0. The van der Waals surface area contributed by atoms with E-state index in [-0.39, 0.29) is 0 Å². The highest BCUT2D eigenvalue weighted by molar-refractivity contribution is 7.99. The summed E-state index contributed by atoms with van der Waals surface area (Å²) in [6.45, 7) is 1.90. The van der Waals surface area contributed by atoms with Gasteiger partial charge in [-0.15, -0.1) is 0 Å². The molecule has 3 nitrogen and oxygen atoms in total. The summed E-state index contributed by atoms with van der Waals surface area (Å²) in [4.78, 5) is 15.4. The number of carbonyl (C=O) groups is 1. The van der Waals surface area contributed by atoms with E-state index in [0.29, 0.717) is 22.7 Å². The molecule has 1 saturated carbocycles. The maximum absolute atomic E-state index is 11.2. The fourth-order valence-corrected chi connectivity index (χ4v) is 2.75. The fraction of sp³-hybridized carbons (Fsp3) is 0.600. The van der Waals surface area contributed by atoms with Crippen LogP contribution >= 0.6 is 11.8 Å². The molecule has 1 unspecified atom stereocenters. The first-order valence-electron chi connectivity index (χ1n) is 4.84. The number of Topliss-reactive ketones (excluding diaryl/α,β-unsaturated/α-hetero) is 1. The average molecular weight is 211 g/mol. The molecule has 0 amide bonds. The maximum Gasteiger partial charge on any atom is 0.256 e. The zero-order valence-electron chi connectivity index (χ0n) is 8.16. The minimum atomic E-state index is 0.370. The van der Waals surface area contributed by atoms with Crippen LogP contribution in [0.25, 0.3) is 0 Å². The Balaban J connectivity index is 1.93. The number of thioether (sulfide) groups is 1. The Bertz CT molecular complexity index is 335. The molecule has 1 aromatic heterocycles. The summed E-state index contributed by atoms with van der Waals surface area (Å²) in [6.07, 6.45) is 5.18. The number of rotatable bonds is 2. The molecule has 0 aromatic carbocycles. The largest absolute Gasteiger partial charge is 0.440 e. The minimum Gasteiger partial charge on any atom is -0.440 e. The van der Waals surface area contributed by atoms with Gasteiger partial charge in [0.25, 0.3) is 5.22 Å². The van der Waals surface area contributed by atoms with E-state index < -0.39 is 0 Å². The van der Waals surface area contributed by atoms with Crippen LogP contribution in [-0.2, 0) is 4.79 Å². The van der Waals surface area contributed by atoms with Crippen molar-refractivity contribution in [3.63, 3.8) is 0 Å². The Labute approximate surface area is 87.3 Å². The monoisotopic (exact) mass is 211 g/mol. The predicted octanol–water partition coefficient (Wildman–Crippen LogP) is 2.59. The maximum atomic E-state index is 11.2. The second kappa shape index (κ2) is 4.17. The first-order chi connectivity index (χ1) is 6.74. The second-order valence-corrected chi connectivity index (χ2v) is 4.88. The number of aromatic nitrogens is 1. The van der Waals surface area contributed by atoms with Crippen molar-refractivity contribution in [2.24, 2.45) is 0 Å². The van der Waals surface area contributed by atoms with Gasteiger partial charge in [-0.2, -0.15) is 0 Å². The van der Waals surface area contributed by atoms with Crippen LogP contribution in [0.1, 0.15) is 31.4 Å². The van der Waals surface area contributed by atoms with E-state index in [1.807, 2.05) is 6.92 Å². The van der Waals surface area contributed by atoms with E-state index in [0.717, 1.165) is 25.0 Å². The highest BCUT2D eigenvalue weighted by Gasteiger charge is 2.21. The molecule has 0 saturated heterocycles. The highest BCUT2D eigenvalue weighted by atomic mass is 32.2. The van der Waals surface area contributed by atoms with E-state index in [9.17, 15) is 4.79 Å². The topological polar surface area (TPSA) is 43.1 Å². The van der Waals surface area contributed by atoms with Crippen LogP contribution in [0.3, 0.4) is 0 Å². The lowest BCUT2D eigenvalue weighted by molar-refractivity contribution is -0.120. The van der Waals surface area contributed by atoms with E-state index in [1.54, 1.807) is 18.0 Å². The lowest BCUT2D eigenvalue weighted by atomic mass is 9.99. The summed E-state index contributed by atoms with van der Waals surface area (Å²) in [6, 6.07) is 0. The molecule has 1 atom stereocenters. The van der Waals surface area contributed by atoms with Gasteiger partial charge in [0.15, 0.2) is 0 Å². The lowest BCUT2D eigenvalue weighted by Gasteiger charge is -2.17. The average Bonchev–Trinajstić information content (AvgIpc) is 2.51. The number of ketones is 1. The third-order valence-electron chi connectivity index (χ3n) is 2.30. The number of aryl methyl sites for hydroxylation is 1. The molecule has 1 fully saturated rings. The standard InChI is InChI=1S/C10H13NO2S/c1-7-6-13-10(11-7)14-9-4-2-3-8(12)5-9/h6,9H,2-5H2,1H3. The zero-order valence-corrected chi connectivity index (χ0v) is 8.97. The molecule has 4 heteroatoms. The first kappa shape index (κ1) is 9.77. The van der Waals surface area contributed by atoms with Gasteiger partial charge in [-0.3, -0.25) is 4.79 Å². The number of carbonyl (C=O) groups excluding carboxylic acids is 1. The van der Waals surface area contributed by atoms with Gasteiger partial charge in [0.2, 0.25) is 0 Å². The third-order valence-corrected chi connectivity index (χ3v) is 3.43. The van der Waals surface area contributed by atoms with Gasteiger partial charge in [0.05, 0.1) is 5.69 Å². The van der Waals surface area contributed by atoms with Crippen LogP contribution in [0.15, 0.2) is 15.9 Å². The van der Waals surface area contributed by atoms with Gasteiger partial charge < -0.3 is 4.42 Å². The van der Waals surface area contributed by atoms with Crippen molar-refractivity contribution in [1.29, 1.82) is 0 Å². The fourth-order valence-electron chi connectivity index (χ4n) is 1.61. The van der Waals surface area contributed by atoms with Gasteiger partial charge >= 0.3 is 0 Å². The van der Waals surface area contributed by atoms with Gasteiger partial charge in [0, 0.05) is 18.1 Å². The molecule has 1 aliphatic rings. The normalized spacial score (nSPS) is 22.6. The van der Waals surface area contributed by atoms with Crippen molar-refractivity contribution in [2.75, 3.05) is 0 Å². The van der Waals surface area contributed by atoms with Crippen molar-refractivity contribution in [3.8, 4) is 0 Å². The Hall–Kier alpha value is -0.770. The molecule has 0 aliphatic heterocycles. The van der Waals surface area contributed by atoms with E-state index in [4.69, 9.17) is 4.42 Å². The zero-order chi connectivity index (χ0) is 9.97. The summed E-state index contributed by atoms with van der Waals surface area (Å²) in [5.74, 6) is 0.372. The molecule has 14 heavy (non-hydrogen) atoms. The van der Waals surface area contributed by atoms with Gasteiger partial charge in [-0.05, 0) is 19.8 Å². The molecule has 1 aromatic rings.